The molecule has 5 nitrogen and oxygen atoms in total. The van der Waals surface area contributed by atoms with Crippen molar-refractivity contribution in [3.63, 3.8) is 0 Å². The third-order valence-electron chi connectivity index (χ3n) is 2.64. The molecule has 0 bridgehead atoms. The molecule has 0 rings (SSSR count). The average Bonchev–Trinajstić information content (AvgIpc) is 2.36. The molecule has 0 aliphatic rings. The van der Waals surface area contributed by atoms with Gasteiger partial charge in [0.05, 0.1) is 0 Å². The lowest BCUT2D eigenvalue weighted by Crippen LogP contribution is -2.22. The lowest BCUT2D eigenvalue weighted by Gasteiger charge is -2.21. The van der Waals surface area contributed by atoms with E-state index in [-0.39, 0.29) is 5.91 Å². The maximum atomic E-state index is 12.4. The summed E-state index contributed by atoms with van der Waals surface area (Å²) in [5.41, 5.74) is 1.22. The van der Waals surface area contributed by atoms with Gasteiger partial charge in [-0.05, 0) is 24.8 Å². The highest BCUT2D eigenvalue weighted by molar-refractivity contribution is 7.58. The predicted molar refractivity (Wildman–Crippen MR) is 72.3 cm³/mol. The van der Waals surface area contributed by atoms with Crippen LogP contribution in [0.25, 0.3) is 0 Å². The largest absolute Gasteiger partial charge is 0.376 e. The van der Waals surface area contributed by atoms with Gasteiger partial charge in [-0.3, -0.25) is 9.36 Å². The Morgan fingerprint density at radius 3 is 2.11 bits per heavy atom. The number of nitrogens with one attached hydrogen (secondary N) is 1. The first-order valence-corrected chi connectivity index (χ1v) is 7.71. The molecule has 0 aliphatic heterocycles. The van der Waals surface area contributed by atoms with Crippen molar-refractivity contribution in [2.24, 2.45) is 0 Å². The van der Waals surface area contributed by atoms with Gasteiger partial charge in [0.2, 0.25) is 5.91 Å². The molecule has 0 atom stereocenters. The van der Waals surface area contributed by atoms with E-state index in [1.807, 2.05) is 6.92 Å². The Bertz CT molecular complexity index is 344. The lowest BCUT2D eigenvalue weighted by molar-refractivity contribution is -0.118. The molecule has 0 saturated carbocycles. The first-order chi connectivity index (χ1) is 8.45. The lowest BCUT2D eigenvalue weighted by atomic mass is 10.1. The van der Waals surface area contributed by atoms with Crippen molar-refractivity contribution in [2.75, 3.05) is 14.2 Å². The number of amides is 1. The first kappa shape index (κ1) is 17.4. The molecule has 0 spiro atoms. The fourth-order valence-electron chi connectivity index (χ4n) is 1.63. The van der Waals surface area contributed by atoms with Crippen LogP contribution in [0.3, 0.4) is 0 Å². The van der Waals surface area contributed by atoms with Crippen LogP contribution in [0.5, 0.6) is 0 Å². The van der Waals surface area contributed by atoms with Crippen molar-refractivity contribution < 1.29 is 18.4 Å². The fraction of sp³-hybridized carbons (Fsp3) is 0.750. The summed E-state index contributed by atoms with van der Waals surface area (Å²) in [5, 5.41) is 2.61. The van der Waals surface area contributed by atoms with Crippen molar-refractivity contribution in [1.29, 1.82) is 0 Å². The summed E-state index contributed by atoms with van der Waals surface area (Å²) in [6.45, 7) is 5.42. The van der Waals surface area contributed by atoms with Gasteiger partial charge in [-0.1, -0.05) is 20.3 Å². The van der Waals surface area contributed by atoms with Crippen molar-refractivity contribution in [1.82, 2.24) is 5.32 Å². The van der Waals surface area contributed by atoms with Crippen LogP contribution in [0.4, 0.5) is 0 Å². The van der Waals surface area contributed by atoms with Gasteiger partial charge in [-0.2, -0.15) is 0 Å². The maximum absolute atomic E-state index is 12.4. The Hall–Kier alpha value is -0.640. The maximum Gasteiger partial charge on any atom is 0.376 e. The molecule has 106 valence electrons. The second kappa shape index (κ2) is 8.46. The molecular formula is C12H24NO4P. The van der Waals surface area contributed by atoms with Gasteiger partial charge in [-0.15, -0.1) is 0 Å². The Morgan fingerprint density at radius 2 is 1.78 bits per heavy atom. The molecular weight excluding hydrogens is 253 g/mol. The summed E-state index contributed by atoms with van der Waals surface area (Å²) >= 11 is 0. The summed E-state index contributed by atoms with van der Waals surface area (Å²) < 4.78 is 22.4. The van der Waals surface area contributed by atoms with Gasteiger partial charge in [0, 0.05) is 21.1 Å². The molecule has 0 aliphatic carbocycles. The molecule has 0 heterocycles. The molecule has 0 aromatic heterocycles. The molecule has 1 N–H and O–H groups in total. The highest BCUT2D eigenvalue weighted by Crippen LogP contribution is 2.55. The number of unbranched alkanes of at least 4 members (excludes halogenated alkanes) is 1. The molecule has 0 aromatic carbocycles. The zero-order chi connectivity index (χ0) is 14.2. The van der Waals surface area contributed by atoms with Gasteiger partial charge >= 0.3 is 7.60 Å². The summed E-state index contributed by atoms with van der Waals surface area (Å²) in [6.07, 6.45) is 3.48. The Morgan fingerprint density at radius 1 is 1.22 bits per heavy atom. The SMILES string of the molecule is CCCC/C(CC)=C(\NC(C)=O)P(=O)(OC)OC. The first-order valence-electron chi connectivity index (χ1n) is 6.16. The zero-order valence-corrected chi connectivity index (χ0v) is 12.8. The third kappa shape index (κ3) is 4.92. The number of allylic oxidation sites excluding steroid dienone is 1. The van der Waals surface area contributed by atoms with Crippen molar-refractivity contribution >= 4 is 13.5 Å². The fourth-order valence-corrected chi connectivity index (χ4v) is 3.09. The van der Waals surface area contributed by atoms with Crippen molar-refractivity contribution in [3.8, 4) is 0 Å². The van der Waals surface area contributed by atoms with Crippen molar-refractivity contribution in [2.45, 2.75) is 46.5 Å². The van der Waals surface area contributed by atoms with E-state index in [4.69, 9.17) is 9.05 Å². The minimum Gasteiger partial charge on any atom is -0.320 e. The summed E-state index contributed by atoms with van der Waals surface area (Å²) in [7, 11) is -0.773. The number of carbonyl (C=O) groups excluding carboxylic acids is 1. The number of carbonyl (C=O) groups is 1. The minimum absolute atomic E-state index is 0.276. The molecule has 0 radical (unpaired) electrons. The highest BCUT2D eigenvalue weighted by atomic mass is 31.2. The second-order valence-electron chi connectivity index (χ2n) is 3.95. The summed E-state index contributed by atoms with van der Waals surface area (Å²) in [5.74, 6) is -0.276. The van der Waals surface area contributed by atoms with E-state index in [2.05, 4.69) is 12.2 Å². The van der Waals surface area contributed by atoms with Crippen LogP contribution in [0.15, 0.2) is 11.0 Å². The van der Waals surface area contributed by atoms with Gasteiger partial charge in [0.15, 0.2) is 0 Å². The molecule has 1 amide bonds. The van der Waals surface area contributed by atoms with Crippen LogP contribution in [-0.4, -0.2) is 20.1 Å². The van der Waals surface area contributed by atoms with Gasteiger partial charge < -0.3 is 14.4 Å². The minimum atomic E-state index is -3.41. The monoisotopic (exact) mass is 277 g/mol. The van der Waals surface area contributed by atoms with Crippen LogP contribution in [-0.2, 0) is 18.4 Å². The van der Waals surface area contributed by atoms with E-state index in [1.54, 1.807) is 0 Å². The standard InChI is InChI=1S/C12H24NO4P/c1-6-8-9-11(7-2)12(13-10(3)14)18(15,16-4)17-5/h6-9H2,1-5H3,(H,13,14)/b12-11+. The topological polar surface area (TPSA) is 64.6 Å². The number of hydrogen-bond acceptors (Lipinski definition) is 4. The zero-order valence-electron chi connectivity index (χ0n) is 11.9. The van der Waals surface area contributed by atoms with E-state index in [9.17, 15) is 9.36 Å². The highest BCUT2D eigenvalue weighted by Gasteiger charge is 2.31. The van der Waals surface area contributed by atoms with E-state index in [0.29, 0.717) is 11.9 Å². The molecule has 0 saturated heterocycles. The normalized spacial score (nSPS) is 13.2. The van der Waals surface area contributed by atoms with Crippen LogP contribution < -0.4 is 5.32 Å². The number of hydrogen-bond donors (Lipinski definition) is 1. The van der Waals surface area contributed by atoms with E-state index < -0.39 is 7.60 Å². The van der Waals surface area contributed by atoms with Crippen LogP contribution in [0.1, 0.15) is 46.5 Å². The molecule has 6 heteroatoms. The smallest absolute Gasteiger partial charge is 0.320 e. The Kier molecular flexibility index (Phi) is 8.16. The van der Waals surface area contributed by atoms with E-state index in [0.717, 1.165) is 24.8 Å². The van der Waals surface area contributed by atoms with Crippen LogP contribution in [0.2, 0.25) is 0 Å². The van der Waals surface area contributed by atoms with Gasteiger partial charge in [0.1, 0.15) is 5.44 Å². The Balaban J connectivity index is 5.46. The molecule has 0 unspecified atom stereocenters. The average molecular weight is 277 g/mol. The van der Waals surface area contributed by atoms with E-state index in [1.165, 1.54) is 21.1 Å². The third-order valence-corrected chi connectivity index (χ3v) is 4.58. The number of rotatable bonds is 8. The summed E-state index contributed by atoms with van der Waals surface area (Å²) in [4.78, 5) is 11.2. The quantitative estimate of drug-likeness (QED) is 0.690. The van der Waals surface area contributed by atoms with Gasteiger partial charge in [-0.25, -0.2) is 0 Å². The Labute approximate surface area is 109 Å². The van der Waals surface area contributed by atoms with E-state index >= 15 is 0 Å². The van der Waals surface area contributed by atoms with Gasteiger partial charge in [0.25, 0.3) is 0 Å². The predicted octanol–water partition coefficient (Wildman–Crippen LogP) is 3.42. The molecule has 0 aromatic rings. The summed E-state index contributed by atoms with van der Waals surface area (Å²) in [6, 6.07) is 0. The van der Waals surface area contributed by atoms with Crippen molar-refractivity contribution in [3.05, 3.63) is 11.0 Å². The second-order valence-corrected chi connectivity index (χ2v) is 6.13. The van der Waals surface area contributed by atoms with Crippen LogP contribution >= 0.6 is 7.60 Å². The molecule has 18 heavy (non-hydrogen) atoms. The molecule has 0 fully saturated rings. The van der Waals surface area contributed by atoms with Crippen LogP contribution in [0, 0.1) is 0 Å².